The Bertz CT molecular complexity index is 872. The van der Waals surface area contributed by atoms with E-state index in [4.69, 9.17) is 4.74 Å². The molecule has 0 aromatic heterocycles. The Balaban J connectivity index is 1.59. The summed E-state index contributed by atoms with van der Waals surface area (Å²) in [7, 11) is 0. The minimum Gasteiger partial charge on any atom is -0.480 e. The van der Waals surface area contributed by atoms with Crippen molar-refractivity contribution in [3.63, 3.8) is 0 Å². The van der Waals surface area contributed by atoms with Gasteiger partial charge in [-0.3, -0.25) is 9.69 Å². The molecule has 1 heterocycles. The molecule has 2 aromatic carbocycles. The summed E-state index contributed by atoms with van der Waals surface area (Å²) in [6.07, 6.45) is -5.02. The average molecular weight is 422 g/mol. The fourth-order valence-corrected chi connectivity index (χ4v) is 3.25. The molecule has 9 heteroatoms. The molecule has 160 valence electrons. The first-order chi connectivity index (χ1) is 14.2. The van der Waals surface area contributed by atoms with E-state index in [0.29, 0.717) is 5.56 Å². The third kappa shape index (κ3) is 5.50. The van der Waals surface area contributed by atoms with Gasteiger partial charge in [-0.25, -0.2) is 4.79 Å². The summed E-state index contributed by atoms with van der Waals surface area (Å²) in [5.41, 5.74) is 0.628. The number of ether oxygens (including phenoxy) is 1. The van der Waals surface area contributed by atoms with E-state index >= 15 is 0 Å². The Morgan fingerprint density at radius 1 is 1.00 bits per heavy atom. The highest BCUT2D eigenvalue weighted by molar-refractivity contribution is 5.76. The number of benzene rings is 2. The molecule has 0 aliphatic carbocycles. The van der Waals surface area contributed by atoms with Gasteiger partial charge in [0.05, 0.1) is 12.1 Å². The van der Waals surface area contributed by atoms with Crippen LogP contribution >= 0.6 is 0 Å². The van der Waals surface area contributed by atoms with Gasteiger partial charge in [-0.05, 0) is 23.3 Å². The maximum Gasteiger partial charge on any atom is 0.416 e. The molecule has 1 N–H and O–H groups in total. The maximum atomic E-state index is 12.7. The fraction of sp³-hybridized carbons (Fsp3) is 0.333. The maximum absolute atomic E-state index is 12.7. The van der Waals surface area contributed by atoms with Crippen LogP contribution in [-0.2, 0) is 28.9 Å². The van der Waals surface area contributed by atoms with Crippen LogP contribution in [0.5, 0.6) is 0 Å². The number of carboxylic acids is 1. The highest BCUT2D eigenvalue weighted by Gasteiger charge is 2.35. The standard InChI is InChI=1S/C21H21F3N2O4/c22-21(23,24)17-8-6-15(7-9-17)12-25-10-11-26(13-18(25)19(27)28)20(29)30-14-16-4-2-1-3-5-16/h1-9,18H,10-14H2,(H,27,28)/t18-/m0/s1. The van der Waals surface area contributed by atoms with Crippen molar-refractivity contribution >= 4 is 12.1 Å². The number of carboxylic acid groups (broad SMARTS) is 1. The summed E-state index contributed by atoms with van der Waals surface area (Å²) >= 11 is 0. The van der Waals surface area contributed by atoms with Crippen LogP contribution in [0.4, 0.5) is 18.0 Å². The Kier molecular flexibility index (Phi) is 6.61. The number of alkyl halides is 3. The van der Waals surface area contributed by atoms with Gasteiger partial charge in [0, 0.05) is 19.6 Å². The van der Waals surface area contributed by atoms with Crippen molar-refractivity contribution in [2.45, 2.75) is 25.4 Å². The highest BCUT2D eigenvalue weighted by atomic mass is 19.4. The monoisotopic (exact) mass is 422 g/mol. The molecule has 1 atom stereocenters. The number of carbonyl (C=O) groups excluding carboxylic acids is 1. The van der Waals surface area contributed by atoms with Gasteiger partial charge in [0.1, 0.15) is 12.6 Å². The molecule has 0 spiro atoms. The van der Waals surface area contributed by atoms with Crippen LogP contribution < -0.4 is 0 Å². The van der Waals surface area contributed by atoms with E-state index in [2.05, 4.69) is 0 Å². The lowest BCUT2D eigenvalue weighted by molar-refractivity contribution is -0.145. The van der Waals surface area contributed by atoms with Crippen LogP contribution in [0.1, 0.15) is 16.7 Å². The van der Waals surface area contributed by atoms with Crippen molar-refractivity contribution in [3.05, 3.63) is 71.3 Å². The number of hydrogen-bond donors (Lipinski definition) is 1. The van der Waals surface area contributed by atoms with Crippen LogP contribution in [0.3, 0.4) is 0 Å². The second kappa shape index (κ2) is 9.17. The van der Waals surface area contributed by atoms with Gasteiger partial charge in [-0.15, -0.1) is 0 Å². The molecule has 1 fully saturated rings. The number of amides is 1. The normalized spacial score (nSPS) is 17.6. The molecule has 1 saturated heterocycles. The molecule has 0 radical (unpaired) electrons. The summed E-state index contributed by atoms with van der Waals surface area (Å²) in [4.78, 5) is 27.0. The summed E-state index contributed by atoms with van der Waals surface area (Å²) in [6.45, 7) is 0.714. The lowest BCUT2D eigenvalue weighted by Crippen LogP contribution is -2.57. The molecular weight excluding hydrogens is 401 g/mol. The van der Waals surface area contributed by atoms with Crippen molar-refractivity contribution in [2.24, 2.45) is 0 Å². The minimum atomic E-state index is -4.42. The lowest BCUT2D eigenvalue weighted by Gasteiger charge is -2.38. The van der Waals surface area contributed by atoms with Gasteiger partial charge in [0.2, 0.25) is 0 Å². The molecule has 1 amide bonds. The molecule has 3 rings (SSSR count). The molecule has 1 aliphatic heterocycles. The van der Waals surface area contributed by atoms with E-state index in [0.717, 1.165) is 17.7 Å². The van der Waals surface area contributed by atoms with Gasteiger partial charge in [-0.1, -0.05) is 42.5 Å². The highest BCUT2D eigenvalue weighted by Crippen LogP contribution is 2.29. The summed E-state index contributed by atoms with van der Waals surface area (Å²) in [5, 5.41) is 9.58. The Labute approximate surface area is 171 Å². The molecular formula is C21H21F3N2O4. The second-order valence-electron chi connectivity index (χ2n) is 7.01. The molecule has 0 saturated carbocycles. The first-order valence-electron chi connectivity index (χ1n) is 9.32. The molecule has 6 nitrogen and oxygen atoms in total. The van der Waals surface area contributed by atoms with Gasteiger partial charge in [-0.2, -0.15) is 13.2 Å². The minimum absolute atomic E-state index is 0.0659. The number of halogens is 3. The average Bonchev–Trinajstić information content (AvgIpc) is 2.72. The number of nitrogens with zero attached hydrogens (tertiary/aromatic N) is 2. The third-order valence-electron chi connectivity index (χ3n) is 4.91. The largest absolute Gasteiger partial charge is 0.480 e. The zero-order valence-corrected chi connectivity index (χ0v) is 16.0. The summed E-state index contributed by atoms with van der Waals surface area (Å²) < 4.78 is 43.4. The quantitative estimate of drug-likeness (QED) is 0.797. The van der Waals surface area contributed by atoms with E-state index in [9.17, 15) is 27.9 Å². The molecule has 30 heavy (non-hydrogen) atoms. The number of carbonyl (C=O) groups is 2. The zero-order valence-electron chi connectivity index (χ0n) is 16.0. The number of piperazine rings is 1. The SMILES string of the molecule is O=C(O)[C@@H]1CN(C(=O)OCc2ccccc2)CCN1Cc1ccc(C(F)(F)F)cc1. The van der Waals surface area contributed by atoms with E-state index in [1.54, 1.807) is 4.90 Å². The van der Waals surface area contributed by atoms with Crippen LogP contribution in [0, 0.1) is 0 Å². The summed E-state index contributed by atoms with van der Waals surface area (Å²) in [6, 6.07) is 12.8. The zero-order chi connectivity index (χ0) is 21.7. The topological polar surface area (TPSA) is 70.1 Å². The van der Waals surface area contributed by atoms with Crippen LogP contribution in [-0.4, -0.2) is 52.6 Å². The Morgan fingerprint density at radius 3 is 2.27 bits per heavy atom. The molecule has 0 unspecified atom stereocenters. The van der Waals surface area contributed by atoms with Gasteiger partial charge >= 0.3 is 18.2 Å². The van der Waals surface area contributed by atoms with E-state index < -0.39 is 29.8 Å². The number of aliphatic carboxylic acids is 1. The van der Waals surface area contributed by atoms with Crippen LogP contribution in [0.15, 0.2) is 54.6 Å². The molecule has 1 aliphatic rings. The van der Waals surface area contributed by atoms with Crippen molar-refractivity contribution in [1.29, 1.82) is 0 Å². The number of hydrogen-bond acceptors (Lipinski definition) is 4. The first kappa shape index (κ1) is 21.6. The predicted molar refractivity (Wildman–Crippen MR) is 101 cm³/mol. The summed E-state index contributed by atoms with van der Waals surface area (Å²) in [5.74, 6) is -1.11. The van der Waals surface area contributed by atoms with E-state index in [1.165, 1.54) is 17.0 Å². The lowest BCUT2D eigenvalue weighted by atomic mass is 10.1. The molecule has 0 bridgehead atoms. The first-order valence-corrected chi connectivity index (χ1v) is 9.32. The van der Waals surface area contributed by atoms with Gasteiger partial charge in [0.25, 0.3) is 0 Å². The van der Waals surface area contributed by atoms with Crippen molar-refractivity contribution in [3.8, 4) is 0 Å². The van der Waals surface area contributed by atoms with Crippen molar-refractivity contribution in [2.75, 3.05) is 19.6 Å². The van der Waals surface area contributed by atoms with Crippen molar-refractivity contribution < 1.29 is 32.6 Å². The smallest absolute Gasteiger partial charge is 0.416 e. The van der Waals surface area contributed by atoms with E-state index in [-0.39, 0.29) is 32.8 Å². The van der Waals surface area contributed by atoms with Crippen LogP contribution in [0.25, 0.3) is 0 Å². The number of rotatable bonds is 5. The predicted octanol–water partition coefficient (Wildman–Crippen LogP) is 3.61. The van der Waals surface area contributed by atoms with Gasteiger partial charge in [0.15, 0.2) is 0 Å². The van der Waals surface area contributed by atoms with Gasteiger partial charge < -0.3 is 14.7 Å². The fourth-order valence-electron chi connectivity index (χ4n) is 3.25. The Morgan fingerprint density at radius 2 is 1.67 bits per heavy atom. The van der Waals surface area contributed by atoms with E-state index in [1.807, 2.05) is 30.3 Å². The van der Waals surface area contributed by atoms with Crippen molar-refractivity contribution in [1.82, 2.24) is 9.80 Å². The van der Waals surface area contributed by atoms with Crippen LogP contribution in [0.2, 0.25) is 0 Å². The molecule has 2 aromatic rings. The second-order valence-corrected chi connectivity index (χ2v) is 7.01. The Hall–Kier alpha value is -3.07. The third-order valence-corrected chi connectivity index (χ3v) is 4.91.